The van der Waals surface area contributed by atoms with Crippen LogP contribution in [0.3, 0.4) is 0 Å². The summed E-state index contributed by atoms with van der Waals surface area (Å²) < 4.78 is 39.5. The van der Waals surface area contributed by atoms with Gasteiger partial charge in [-0.25, -0.2) is 4.98 Å². The minimum atomic E-state index is -5.83. The van der Waals surface area contributed by atoms with Gasteiger partial charge < -0.3 is 25.2 Å². The van der Waals surface area contributed by atoms with Gasteiger partial charge in [0.1, 0.15) is 0 Å². The predicted octanol–water partition coefficient (Wildman–Crippen LogP) is 0.554. The van der Waals surface area contributed by atoms with Crippen LogP contribution >= 0.6 is 7.60 Å². The van der Waals surface area contributed by atoms with Crippen molar-refractivity contribution in [3.05, 3.63) is 52.1 Å². The zero-order valence-corrected chi connectivity index (χ0v) is 14.3. The highest BCUT2D eigenvalue weighted by Crippen LogP contribution is 2.58. The second-order valence-corrected chi connectivity index (χ2v) is 7.46. The number of aliphatic hydroxyl groups excluding tert-OH is 1. The second kappa shape index (κ2) is 6.50. The number of halogens is 2. The number of aromatic amines is 1. The molecule has 2 aromatic heterocycles. The molecule has 3 rings (SSSR count). The monoisotopic (exact) mass is 401 g/mol. The summed E-state index contributed by atoms with van der Waals surface area (Å²) in [5.74, 6) is -0.0904. The molecule has 10 nitrogen and oxygen atoms in total. The number of aliphatic hydroxyl groups is 1. The minimum Gasteiger partial charge on any atom is -0.381 e. The van der Waals surface area contributed by atoms with E-state index >= 15 is 0 Å². The molecule has 0 aliphatic heterocycles. The molecule has 0 spiro atoms. The summed E-state index contributed by atoms with van der Waals surface area (Å²) in [4.78, 5) is 39.4. The van der Waals surface area contributed by atoms with Crippen molar-refractivity contribution >= 4 is 24.7 Å². The lowest BCUT2D eigenvalue weighted by Crippen LogP contribution is -2.26. The number of anilines is 1. The number of nitrogens with zero attached hydrogens (tertiary/aromatic N) is 3. The van der Waals surface area contributed by atoms with Gasteiger partial charge in [-0.1, -0.05) is 24.3 Å². The average molecular weight is 401 g/mol. The molecule has 2 heterocycles. The van der Waals surface area contributed by atoms with E-state index in [2.05, 4.69) is 15.0 Å². The Hall–Kier alpha value is -2.66. The molecule has 13 heteroatoms. The highest BCUT2D eigenvalue weighted by Gasteiger charge is 2.55. The number of fused-ring (bicyclic) bond motifs is 1. The number of nitrogens with two attached hydrogens (primary N) is 1. The van der Waals surface area contributed by atoms with Crippen molar-refractivity contribution in [2.45, 2.75) is 18.3 Å². The predicted molar refractivity (Wildman–Crippen MR) is 90.1 cm³/mol. The Morgan fingerprint density at radius 3 is 2.52 bits per heavy atom. The van der Waals surface area contributed by atoms with Gasteiger partial charge in [-0.05, 0) is 11.1 Å². The largest absolute Gasteiger partial charge is 0.397 e. The third-order valence-corrected chi connectivity index (χ3v) is 4.88. The zero-order valence-electron chi connectivity index (χ0n) is 13.5. The van der Waals surface area contributed by atoms with Gasteiger partial charge in [0.15, 0.2) is 17.3 Å². The Morgan fingerprint density at radius 2 is 1.93 bits per heavy atom. The Balaban J connectivity index is 1.87. The molecule has 0 bridgehead atoms. The first-order valence-electron chi connectivity index (χ1n) is 7.41. The van der Waals surface area contributed by atoms with Crippen LogP contribution in [0.4, 0.5) is 14.7 Å². The Bertz CT molecular complexity index is 1090. The van der Waals surface area contributed by atoms with E-state index in [9.17, 15) is 23.2 Å². The second-order valence-electron chi connectivity index (χ2n) is 5.77. The van der Waals surface area contributed by atoms with E-state index in [4.69, 9.17) is 15.5 Å². The molecule has 0 saturated carbocycles. The van der Waals surface area contributed by atoms with E-state index in [0.29, 0.717) is 5.56 Å². The zero-order chi connectivity index (χ0) is 20.0. The van der Waals surface area contributed by atoms with Crippen LogP contribution in [0, 0.1) is 0 Å². The minimum absolute atomic E-state index is 0.0810. The number of aromatic nitrogens is 4. The lowest BCUT2D eigenvalue weighted by molar-refractivity contribution is -0.0606. The molecule has 0 aliphatic rings. The van der Waals surface area contributed by atoms with Gasteiger partial charge in [0, 0.05) is 0 Å². The Morgan fingerprint density at radius 1 is 1.30 bits per heavy atom. The molecule has 0 amide bonds. The molecule has 1 atom stereocenters. The maximum absolute atomic E-state index is 13.6. The first-order chi connectivity index (χ1) is 12.5. The van der Waals surface area contributed by atoms with E-state index in [-0.39, 0.29) is 29.2 Å². The Labute approximate surface area is 149 Å². The molecular formula is C14H14F2N5O5P. The van der Waals surface area contributed by atoms with E-state index in [1.807, 2.05) is 0 Å². The lowest BCUT2D eigenvalue weighted by atomic mass is 10.1. The third-order valence-electron chi connectivity index (χ3n) is 3.86. The summed E-state index contributed by atoms with van der Waals surface area (Å²) in [6, 6.07) is 5.02. The number of imidazole rings is 1. The summed E-state index contributed by atoms with van der Waals surface area (Å²) in [5, 5.41) is 9.61. The van der Waals surface area contributed by atoms with Gasteiger partial charge >= 0.3 is 13.3 Å². The Kier molecular flexibility index (Phi) is 4.60. The quantitative estimate of drug-likeness (QED) is 0.386. The summed E-state index contributed by atoms with van der Waals surface area (Å²) in [7, 11) is -5.83. The first kappa shape index (κ1) is 19.1. The number of hydrogen-bond donors (Lipinski definition) is 5. The molecule has 144 valence electrons. The normalized spacial score (nSPS) is 13.8. The standard InChI is InChI=1S/C14H14F2N5O5P/c15-14(16,27(24,25)26)10(22)8-3-1-7(2-4-8)5-21-6-18-9-11(21)19-13(17)20-12(9)23/h1-4,6,10,22H,5H2,(H2,24,25,26)(H3,17,19,20,23). The summed E-state index contributed by atoms with van der Waals surface area (Å²) in [5.41, 5.74) is 0.912. The fourth-order valence-corrected chi connectivity index (χ4v) is 2.92. The van der Waals surface area contributed by atoms with Gasteiger partial charge in [-0.3, -0.25) is 14.3 Å². The number of alkyl halides is 2. The van der Waals surface area contributed by atoms with E-state index in [1.54, 1.807) is 0 Å². The van der Waals surface area contributed by atoms with Gasteiger partial charge in [0.25, 0.3) is 5.56 Å². The van der Waals surface area contributed by atoms with Crippen molar-refractivity contribution in [2.75, 3.05) is 5.73 Å². The molecule has 3 aromatic rings. The van der Waals surface area contributed by atoms with Crippen LogP contribution in [0.25, 0.3) is 11.2 Å². The van der Waals surface area contributed by atoms with Crippen molar-refractivity contribution in [2.24, 2.45) is 0 Å². The van der Waals surface area contributed by atoms with Gasteiger partial charge in [-0.2, -0.15) is 13.8 Å². The molecule has 27 heavy (non-hydrogen) atoms. The first-order valence-corrected chi connectivity index (χ1v) is 9.03. The van der Waals surface area contributed by atoms with Crippen molar-refractivity contribution in [3.8, 4) is 0 Å². The van der Waals surface area contributed by atoms with E-state index < -0.39 is 24.9 Å². The van der Waals surface area contributed by atoms with Gasteiger partial charge in [-0.15, -0.1) is 0 Å². The van der Waals surface area contributed by atoms with Crippen LogP contribution in [-0.4, -0.2) is 40.1 Å². The van der Waals surface area contributed by atoms with Crippen LogP contribution in [0.1, 0.15) is 17.2 Å². The van der Waals surface area contributed by atoms with Crippen LogP contribution in [-0.2, 0) is 11.1 Å². The van der Waals surface area contributed by atoms with Crippen molar-refractivity contribution in [1.82, 2.24) is 19.5 Å². The number of nitrogens with one attached hydrogen (secondary N) is 1. The topological polar surface area (TPSA) is 167 Å². The van der Waals surface area contributed by atoms with Crippen LogP contribution in [0.5, 0.6) is 0 Å². The molecule has 6 N–H and O–H groups in total. The molecule has 0 aliphatic carbocycles. The lowest BCUT2D eigenvalue weighted by Gasteiger charge is -2.23. The summed E-state index contributed by atoms with van der Waals surface area (Å²) in [6.45, 7) is 0.164. The molecular weight excluding hydrogens is 387 g/mol. The molecule has 0 saturated heterocycles. The van der Waals surface area contributed by atoms with Crippen molar-refractivity contribution in [3.63, 3.8) is 0 Å². The SMILES string of the molecule is Nc1nc2c(ncn2Cc2ccc(C(O)C(F)(F)P(=O)(O)O)cc2)c(=O)[nH]1. The van der Waals surface area contributed by atoms with Crippen molar-refractivity contribution in [1.29, 1.82) is 0 Å². The maximum Gasteiger partial charge on any atom is 0.397 e. The molecule has 1 unspecified atom stereocenters. The number of nitrogen functional groups attached to an aromatic ring is 1. The van der Waals surface area contributed by atoms with Crippen LogP contribution in [0.2, 0.25) is 0 Å². The smallest absolute Gasteiger partial charge is 0.381 e. The van der Waals surface area contributed by atoms with Crippen molar-refractivity contribution < 1.29 is 28.2 Å². The highest BCUT2D eigenvalue weighted by molar-refractivity contribution is 7.53. The van der Waals surface area contributed by atoms with Crippen LogP contribution in [0.15, 0.2) is 35.4 Å². The molecule has 0 radical (unpaired) electrons. The number of benzene rings is 1. The fraction of sp³-hybridized carbons (Fsp3) is 0.214. The third kappa shape index (κ3) is 3.47. The van der Waals surface area contributed by atoms with Crippen LogP contribution < -0.4 is 11.3 Å². The number of rotatable bonds is 5. The average Bonchev–Trinajstić information content (AvgIpc) is 2.97. The van der Waals surface area contributed by atoms with E-state index in [1.165, 1.54) is 23.0 Å². The number of hydrogen-bond acceptors (Lipinski definition) is 6. The fourth-order valence-electron chi connectivity index (χ4n) is 2.45. The van der Waals surface area contributed by atoms with E-state index in [0.717, 1.165) is 12.1 Å². The molecule has 1 aromatic carbocycles. The highest BCUT2D eigenvalue weighted by atomic mass is 31.2. The summed E-state index contributed by atoms with van der Waals surface area (Å²) >= 11 is 0. The summed E-state index contributed by atoms with van der Waals surface area (Å²) in [6.07, 6.45) is -1.31. The maximum atomic E-state index is 13.6. The molecule has 0 fully saturated rings. The van der Waals surface area contributed by atoms with Gasteiger partial charge in [0.2, 0.25) is 5.95 Å². The van der Waals surface area contributed by atoms with Gasteiger partial charge in [0.05, 0.1) is 12.9 Å². The number of H-pyrrole nitrogens is 1.